The number of hydrogen-bond donors (Lipinski definition) is 0. The van der Waals surface area contributed by atoms with Crippen LogP contribution in [0.15, 0.2) is 30.9 Å². The average Bonchev–Trinajstić information content (AvgIpc) is 2.70. The summed E-state index contributed by atoms with van der Waals surface area (Å²) in [6.45, 7) is 4.31. The average molecular weight is 393 g/mol. The summed E-state index contributed by atoms with van der Waals surface area (Å²) >= 11 is 5.74. The van der Waals surface area contributed by atoms with Crippen molar-refractivity contribution in [3.8, 4) is 0 Å². The summed E-state index contributed by atoms with van der Waals surface area (Å²) in [4.78, 5) is 0. The number of benzene rings is 1. The lowest BCUT2D eigenvalue weighted by molar-refractivity contribution is -0.00293. The minimum Gasteiger partial charge on any atom is -0.374 e. The van der Waals surface area contributed by atoms with Crippen molar-refractivity contribution in [3.05, 3.63) is 47.3 Å². The number of rotatable bonds is 8. The van der Waals surface area contributed by atoms with E-state index < -0.39 is 0 Å². The summed E-state index contributed by atoms with van der Waals surface area (Å²) in [6, 6.07) is 4.95. The van der Waals surface area contributed by atoms with Crippen LogP contribution < -0.4 is 0 Å². The molecule has 0 aliphatic heterocycles. The molecule has 1 nitrogen and oxygen atoms in total. The molecule has 0 heterocycles. The fourth-order valence-corrected chi connectivity index (χ4v) is 5.19. The summed E-state index contributed by atoms with van der Waals surface area (Å²) in [7, 11) is 0. The van der Waals surface area contributed by atoms with E-state index >= 15 is 0 Å². The molecule has 2 aliphatic carbocycles. The van der Waals surface area contributed by atoms with Gasteiger partial charge in [-0.3, -0.25) is 0 Å². The number of ether oxygens (including phenoxy) is 1. The van der Waals surface area contributed by atoms with Crippen LogP contribution in [-0.2, 0) is 11.3 Å². The highest BCUT2D eigenvalue weighted by Crippen LogP contribution is 2.41. The lowest BCUT2D eigenvalue weighted by Crippen LogP contribution is -2.28. The van der Waals surface area contributed by atoms with Crippen molar-refractivity contribution in [3.63, 3.8) is 0 Å². The zero-order chi connectivity index (χ0) is 19.1. The summed E-state index contributed by atoms with van der Waals surface area (Å²) in [5.74, 6) is 2.43. The largest absolute Gasteiger partial charge is 0.374 e. The molecule has 0 bridgehead atoms. The first-order chi connectivity index (χ1) is 13.2. The van der Waals surface area contributed by atoms with Gasteiger partial charge < -0.3 is 4.74 Å². The van der Waals surface area contributed by atoms with Crippen LogP contribution in [0.2, 0.25) is 5.02 Å². The number of halogens is 2. The van der Waals surface area contributed by atoms with Crippen LogP contribution in [0.5, 0.6) is 0 Å². The Labute approximate surface area is 169 Å². The molecule has 0 amide bonds. The summed E-state index contributed by atoms with van der Waals surface area (Å²) in [6.07, 6.45) is 16.9. The SMILES string of the molecule is C=CCCC[C@H]1CC[C@H]([C@H]2CC[C@H](OCc3ccc(Cl)c(F)c3)CC2)CC1. The molecule has 0 atom stereocenters. The van der Waals surface area contributed by atoms with E-state index in [0.717, 1.165) is 36.2 Å². The number of hydrogen-bond acceptors (Lipinski definition) is 1. The molecular weight excluding hydrogens is 359 g/mol. The minimum atomic E-state index is -0.360. The van der Waals surface area contributed by atoms with E-state index in [-0.39, 0.29) is 10.8 Å². The van der Waals surface area contributed by atoms with Crippen molar-refractivity contribution in [2.24, 2.45) is 17.8 Å². The highest BCUT2D eigenvalue weighted by molar-refractivity contribution is 6.30. The Morgan fingerprint density at radius 1 is 1.04 bits per heavy atom. The molecule has 0 spiro atoms. The fraction of sp³-hybridized carbons (Fsp3) is 0.667. The van der Waals surface area contributed by atoms with Crippen LogP contribution in [0.4, 0.5) is 4.39 Å². The zero-order valence-electron chi connectivity index (χ0n) is 16.5. The van der Waals surface area contributed by atoms with E-state index in [4.69, 9.17) is 16.3 Å². The molecular formula is C24H34ClFO. The van der Waals surface area contributed by atoms with Gasteiger partial charge in [0.2, 0.25) is 0 Å². The second kappa shape index (κ2) is 10.6. The molecule has 0 saturated heterocycles. The maximum absolute atomic E-state index is 13.5. The molecule has 2 fully saturated rings. The topological polar surface area (TPSA) is 9.23 Å². The molecule has 150 valence electrons. The van der Waals surface area contributed by atoms with Crippen molar-refractivity contribution >= 4 is 11.6 Å². The molecule has 0 radical (unpaired) electrons. The van der Waals surface area contributed by atoms with Gasteiger partial charge in [0.05, 0.1) is 17.7 Å². The van der Waals surface area contributed by atoms with Crippen molar-refractivity contribution in [1.82, 2.24) is 0 Å². The number of unbranched alkanes of at least 4 members (excludes halogenated alkanes) is 1. The Kier molecular flexibility index (Phi) is 8.21. The van der Waals surface area contributed by atoms with Crippen molar-refractivity contribution in [1.29, 1.82) is 0 Å². The van der Waals surface area contributed by atoms with Gasteiger partial charge in [-0.15, -0.1) is 6.58 Å². The van der Waals surface area contributed by atoms with E-state index in [9.17, 15) is 4.39 Å². The third-order valence-corrected chi connectivity index (χ3v) is 7.07. The van der Waals surface area contributed by atoms with Gasteiger partial charge in [-0.2, -0.15) is 0 Å². The molecule has 2 aliphatic rings. The molecule has 0 aromatic heterocycles. The van der Waals surface area contributed by atoms with Gasteiger partial charge in [-0.1, -0.05) is 43.0 Å². The lowest BCUT2D eigenvalue weighted by Gasteiger charge is -2.37. The molecule has 27 heavy (non-hydrogen) atoms. The van der Waals surface area contributed by atoms with Gasteiger partial charge in [0.1, 0.15) is 5.82 Å². The molecule has 3 rings (SSSR count). The van der Waals surface area contributed by atoms with Crippen LogP contribution in [-0.4, -0.2) is 6.10 Å². The van der Waals surface area contributed by atoms with Crippen molar-refractivity contribution < 1.29 is 9.13 Å². The van der Waals surface area contributed by atoms with Crippen LogP contribution in [0.3, 0.4) is 0 Å². The van der Waals surface area contributed by atoms with E-state index in [1.165, 1.54) is 63.9 Å². The third kappa shape index (κ3) is 6.32. The highest BCUT2D eigenvalue weighted by Gasteiger charge is 2.31. The van der Waals surface area contributed by atoms with Crippen LogP contribution in [0.25, 0.3) is 0 Å². The first kappa shape index (κ1) is 20.9. The molecule has 2 saturated carbocycles. The molecule has 0 N–H and O–H groups in total. The zero-order valence-corrected chi connectivity index (χ0v) is 17.2. The maximum atomic E-state index is 13.5. The number of allylic oxidation sites excluding steroid dienone is 1. The summed E-state index contributed by atoms with van der Waals surface area (Å²) in [5.41, 5.74) is 0.869. The van der Waals surface area contributed by atoms with Gasteiger partial charge in [0, 0.05) is 0 Å². The van der Waals surface area contributed by atoms with Gasteiger partial charge in [-0.05, 0) is 86.8 Å². The molecule has 3 heteroatoms. The summed E-state index contributed by atoms with van der Waals surface area (Å²) in [5, 5.41) is 0.176. The monoisotopic (exact) mass is 392 g/mol. The van der Waals surface area contributed by atoms with Gasteiger partial charge >= 0.3 is 0 Å². The minimum absolute atomic E-state index is 0.176. The quantitative estimate of drug-likeness (QED) is 0.325. The predicted octanol–water partition coefficient (Wildman–Crippen LogP) is 7.72. The Morgan fingerprint density at radius 2 is 1.70 bits per heavy atom. The van der Waals surface area contributed by atoms with Gasteiger partial charge in [0.15, 0.2) is 0 Å². The predicted molar refractivity (Wildman–Crippen MR) is 111 cm³/mol. The van der Waals surface area contributed by atoms with Crippen LogP contribution in [0.1, 0.15) is 76.2 Å². The Hall–Kier alpha value is -0.860. The third-order valence-electron chi connectivity index (χ3n) is 6.77. The van der Waals surface area contributed by atoms with Crippen LogP contribution >= 0.6 is 11.6 Å². The normalized spacial score (nSPS) is 28.8. The molecule has 0 unspecified atom stereocenters. The Morgan fingerprint density at radius 3 is 2.33 bits per heavy atom. The van der Waals surface area contributed by atoms with Gasteiger partial charge in [-0.25, -0.2) is 4.39 Å². The first-order valence-electron chi connectivity index (χ1n) is 10.8. The van der Waals surface area contributed by atoms with Gasteiger partial charge in [0.25, 0.3) is 0 Å². The fourth-order valence-electron chi connectivity index (χ4n) is 5.07. The Balaban J connectivity index is 1.34. The lowest BCUT2D eigenvalue weighted by atomic mass is 9.70. The van der Waals surface area contributed by atoms with Crippen molar-refractivity contribution in [2.75, 3.05) is 0 Å². The van der Waals surface area contributed by atoms with Crippen molar-refractivity contribution in [2.45, 2.75) is 83.3 Å². The summed E-state index contributed by atoms with van der Waals surface area (Å²) < 4.78 is 19.6. The van der Waals surface area contributed by atoms with E-state index in [1.54, 1.807) is 6.07 Å². The van der Waals surface area contributed by atoms with E-state index in [2.05, 4.69) is 12.7 Å². The smallest absolute Gasteiger partial charge is 0.142 e. The van der Waals surface area contributed by atoms with Crippen LogP contribution in [0, 0.1) is 23.6 Å². The Bertz CT molecular complexity index is 586. The second-order valence-electron chi connectivity index (χ2n) is 8.60. The van der Waals surface area contributed by atoms with E-state index in [0.29, 0.717) is 12.7 Å². The first-order valence-corrected chi connectivity index (χ1v) is 11.2. The van der Waals surface area contributed by atoms with E-state index in [1.807, 2.05) is 6.07 Å². The maximum Gasteiger partial charge on any atom is 0.142 e. The molecule has 1 aromatic carbocycles. The highest BCUT2D eigenvalue weighted by atomic mass is 35.5. The standard InChI is InChI=1S/C24H34ClFO/c1-2-3-4-5-18-6-9-20(10-7-18)21-11-13-22(14-12-21)27-17-19-8-15-23(25)24(26)16-19/h2,8,15-16,18,20-22H,1,3-7,9-14,17H2/t18-,20-,21-,22-. The molecule has 1 aromatic rings. The second-order valence-corrected chi connectivity index (χ2v) is 9.00.